The zero-order valence-corrected chi connectivity index (χ0v) is 14.8. The summed E-state index contributed by atoms with van der Waals surface area (Å²) in [6.07, 6.45) is 0.152. The predicted molar refractivity (Wildman–Crippen MR) is 95.0 cm³/mol. The van der Waals surface area contributed by atoms with Crippen molar-refractivity contribution in [2.75, 3.05) is 13.2 Å². The quantitative estimate of drug-likeness (QED) is 0.608. The molecule has 2 aromatic carbocycles. The second kappa shape index (κ2) is 6.40. The first-order valence-electron chi connectivity index (χ1n) is 8.36. The third-order valence-corrected chi connectivity index (χ3v) is 4.27. The molecular formula is C21H24O3. The van der Waals surface area contributed by atoms with E-state index in [1.165, 1.54) is 0 Å². The van der Waals surface area contributed by atoms with Gasteiger partial charge in [-0.05, 0) is 24.0 Å². The third-order valence-electron chi connectivity index (χ3n) is 4.27. The number of ketones is 1. The Balaban J connectivity index is 2.05. The largest absolute Gasteiger partial charge is 0.490 e. The molecule has 126 valence electrons. The molecular weight excluding hydrogens is 300 g/mol. The van der Waals surface area contributed by atoms with Crippen LogP contribution in [0.25, 0.3) is 0 Å². The van der Waals surface area contributed by atoms with E-state index in [2.05, 4.69) is 20.8 Å². The van der Waals surface area contributed by atoms with Gasteiger partial charge in [0.15, 0.2) is 5.78 Å². The molecule has 3 rings (SSSR count). The molecule has 0 amide bonds. The molecule has 3 heteroatoms. The molecule has 1 fully saturated rings. The summed E-state index contributed by atoms with van der Waals surface area (Å²) in [5, 5.41) is 0. The number of aryl methyl sites for hydroxylation is 1. The summed E-state index contributed by atoms with van der Waals surface area (Å²) >= 11 is 0. The van der Waals surface area contributed by atoms with Crippen LogP contribution in [0.4, 0.5) is 0 Å². The van der Waals surface area contributed by atoms with E-state index in [0.29, 0.717) is 17.9 Å². The van der Waals surface area contributed by atoms with Crippen LogP contribution < -0.4 is 4.74 Å². The Kier molecular flexibility index (Phi) is 4.46. The van der Waals surface area contributed by atoms with E-state index in [0.717, 1.165) is 23.3 Å². The van der Waals surface area contributed by atoms with Gasteiger partial charge in [-0.2, -0.15) is 0 Å². The smallest absolute Gasteiger partial charge is 0.197 e. The van der Waals surface area contributed by atoms with E-state index >= 15 is 0 Å². The number of hydrogen-bond acceptors (Lipinski definition) is 3. The second-order valence-electron chi connectivity index (χ2n) is 7.34. The summed E-state index contributed by atoms with van der Waals surface area (Å²) in [5.41, 5.74) is 3.25. The number of rotatable bonds is 5. The van der Waals surface area contributed by atoms with Crippen LogP contribution in [0.2, 0.25) is 0 Å². The Morgan fingerprint density at radius 2 is 1.79 bits per heavy atom. The molecule has 2 aromatic rings. The number of para-hydroxylation sites is 1. The van der Waals surface area contributed by atoms with E-state index in [9.17, 15) is 4.79 Å². The topological polar surface area (TPSA) is 38.8 Å². The van der Waals surface area contributed by atoms with Crippen LogP contribution in [-0.4, -0.2) is 25.1 Å². The van der Waals surface area contributed by atoms with Gasteiger partial charge in [-0.25, -0.2) is 0 Å². The van der Waals surface area contributed by atoms with E-state index in [1.807, 2.05) is 49.4 Å². The minimum absolute atomic E-state index is 0.00548. The molecule has 0 aromatic heterocycles. The lowest BCUT2D eigenvalue weighted by molar-refractivity contribution is 0.103. The van der Waals surface area contributed by atoms with Crippen LogP contribution in [0, 0.1) is 6.92 Å². The average Bonchev–Trinajstić information content (AvgIpc) is 3.36. The molecule has 1 atom stereocenters. The summed E-state index contributed by atoms with van der Waals surface area (Å²) in [7, 11) is 0. The molecule has 3 nitrogen and oxygen atoms in total. The first-order valence-corrected chi connectivity index (χ1v) is 8.36. The van der Waals surface area contributed by atoms with E-state index in [-0.39, 0.29) is 17.3 Å². The first-order chi connectivity index (χ1) is 11.4. The van der Waals surface area contributed by atoms with Crippen molar-refractivity contribution >= 4 is 5.78 Å². The fourth-order valence-corrected chi connectivity index (χ4v) is 2.78. The zero-order chi connectivity index (χ0) is 17.3. The van der Waals surface area contributed by atoms with Crippen molar-refractivity contribution in [3.63, 3.8) is 0 Å². The monoisotopic (exact) mass is 324 g/mol. The van der Waals surface area contributed by atoms with Gasteiger partial charge >= 0.3 is 0 Å². The van der Waals surface area contributed by atoms with E-state index in [4.69, 9.17) is 9.47 Å². The summed E-state index contributed by atoms with van der Waals surface area (Å²) in [6.45, 7) is 9.57. The Hall–Kier alpha value is -2.13. The number of benzene rings is 2. The maximum Gasteiger partial charge on any atom is 0.197 e. The molecule has 0 radical (unpaired) electrons. The first kappa shape index (κ1) is 16.7. The molecule has 1 heterocycles. The molecule has 1 saturated heterocycles. The Morgan fingerprint density at radius 1 is 1.12 bits per heavy atom. The molecule has 1 aliphatic heterocycles. The molecule has 24 heavy (non-hydrogen) atoms. The third kappa shape index (κ3) is 3.51. The predicted octanol–water partition coefficient (Wildman–Crippen LogP) is 4.30. The SMILES string of the molecule is Cc1ccccc1C(=O)c1cccc(C(C)(C)C)c1OCC1CO1. The lowest BCUT2D eigenvalue weighted by atomic mass is 9.84. The number of hydrogen-bond donors (Lipinski definition) is 0. The summed E-state index contributed by atoms with van der Waals surface area (Å²) in [4.78, 5) is 13.1. The highest BCUT2D eigenvalue weighted by atomic mass is 16.6. The highest BCUT2D eigenvalue weighted by Crippen LogP contribution is 2.36. The van der Waals surface area contributed by atoms with E-state index < -0.39 is 0 Å². The molecule has 0 aliphatic carbocycles. The number of carbonyl (C=O) groups excluding carboxylic acids is 1. The number of carbonyl (C=O) groups is 1. The minimum Gasteiger partial charge on any atom is -0.490 e. The lowest BCUT2D eigenvalue weighted by Crippen LogP contribution is -2.18. The van der Waals surface area contributed by atoms with Crippen LogP contribution in [-0.2, 0) is 10.2 Å². The molecule has 1 unspecified atom stereocenters. The molecule has 0 saturated carbocycles. The van der Waals surface area contributed by atoms with Crippen LogP contribution in [0.1, 0.15) is 47.8 Å². The van der Waals surface area contributed by atoms with Crippen molar-refractivity contribution in [3.05, 3.63) is 64.7 Å². The highest BCUT2D eigenvalue weighted by molar-refractivity contribution is 6.11. The normalized spacial score (nSPS) is 16.8. The van der Waals surface area contributed by atoms with Crippen LogP contribution >= 0.6 is 0 Å². The second-order valence-corrected chi connectivity index (χ2v) is 7.34. The van der Waals surface area contributed by atoms with Crippen molar-refractivity contribution in [1.82, 2.24) is 0 Å². The van der Waals surface area contributed by atoms with Crippen LogP contribution in [0.3, 0.4) is 0 Å². The van der Waals surface area contributed by atoms with Gasteiger partial charge in [0.25, 0.3) is 0 Å². The summed E-state index contributed by atoms with van der Waals surface area (Å²) in [6, 6.07) is 13.5. The molecule has 0 bridgehead atoms. The van der Waals surface area contributed by atoms with Crippen molar-refractivity contribution in [2.45, 2.75) is 39.2 Å². The zero-order valence-electron chi connectivity index (χ0n) is 14.8. The Bertz CT molecular complexity index is 752. The fourth-order valence-electron chi connectivity index (χ4n) is 2.78. The molecule has 1 aliphatic rings. The van der Waals surface area contributed by atoms with Crippen molar-refractivity contribution in [3.8, 4) is 5.75 Å². The van der Waals surface area contributed by atoms with Gasteiger partial charge in [0.2, 0.25) is 0 Å². The lowest BCUT2D eigenvalue weighted by Gasteiger charge is -2.24. The van der Waals surface area contributed by atoms with E-state index in [1.54, 1.807) is 0 Å². The highest BCUT2D eigenvalue weighted by Gasteiger charge is 2.28. The van der Waals surface area contributed by atoms with Crippen LogP contribution in [0.5, 0.6) is 5.75 Å². The van der Waals surface area contributed by atoms with Gasteiger partial charge in [0, 0.05) is 11.1 Å². The molecule has 0 spiro atoms. The maximum absolute atomic E-state index is 13.1. The number of ether oxygens (including phenoxy) is 2. The van der Waals surface area contributed by atoms with Crippen molar-refractivity contribution < 1.29 is 14.3 Å². The van der Waals surface area contributed by atoms with Gasteiger partial charge in [0.05, 0.1) is 12.2 Å². The minimum atomic E-state index is -0.109. The van der Waals surface area contributed by atoms with Gasteiger partial charge in [0.1, 0.15) is 18.5 Å². The number of epoxide rings is 1. The average molecular weight is 324 g/mol. The van der Waals surface area contributed by atoms with Gasteiger partial charge in [-0.1, -0.05) is 57.2 Å². The standard InChI is InChI=1S/C21H24O3/c1-14-8-5-6-9-16(14)19(22)17-10-7-11-18(21(2,3)4)20(17)24-13-15-12-23-15/h5-11,15H,12-13H2,1-4H3. The molecule has 0 N–H and O–H groups in total. The fraction of sp³-hybridized carbons (Fsp3) is 0.381. The summed E-state index contributed by atoms with van der Waals surface area (Å²) in [5.74, 6) is 0.694. The van der Waals surface area contributed by atoms with Gasteiger partial charge in [-0.3, -0.25) is 4.79 Å². The van der Waals surface area contributed by atoms with Crippen molar-refractivity contribution in [1.29, 1.82) is 0 Å². The van der Waals surface area contributed by atoms with Gasteiger partial charge in [-0.15, -0.1) is 0 Å². The summed E-state index contributed by atoms with van der Waals surface area (Å²) < 4.78 is 11.3. The maximum atomic E-state index is 13.1. The Labute approximate surface area is 143 Å². The Morgan fingerprint density at radius 3 is 2.42 bits per heavy atom. The van der Waals surface area contributed by atoms with Gasteiger partial charge < -0.3 is 9.47 Å². The van der Waals surface area contributed by atoms with Crippen LogP contribution in [0.15, 0.2) is 42.5 Å². The van der Waals surface area contributed by atoms with Crippen molar-refractivity contribution in [2.24, 2.45) is 0 Å².